The van der Waals surface area contributed by atoms with Crippen molar-refractivity contribution in [2.24, 2.45) is 0 Å². The zero-order valence-corrected chi connectivity index (χ0v) is 8.81. The summed E-state index contributed by atoms with van der Waals surface area (Å²) in [5.74, 6) is -0.527. The van der Waals surface area contributed by atoms with Crippen LogP contribution in [0.3, 0.4) is 0 Å². The predicted molar refractivity (Wildman–Crippen MR) is 48.8 cm³/mol. The molecule has 0 saturated carbocycles. The van der Waals surface area contributed by atoms with E-state index in [2.05, 4.69) is 10.1 Å². The van der Waals surface area contributed by atoms with Crippen molar-refractivity contribution in [3.05, 3.63) is 0 Å². The van der Waals surface area contributed by atoms with Gasteiger partial charge in [0.15, 0.2) is 0 Å². The van der Waals surface area contributed by atoms with Crippen molar-refractivity contribution in [3.8, 4) is 0 Å². The maximum Gasteiger partial charge on any atom is 0.411 e. The van der Waals surface area contributed by atoms with Gasteiger partial charge in [0.2, 0.25) is 5.91 Å². The van der Waals surface area contributed by atoms with Crippen molar-refractivity contribution >= 4 is 28.5 Å². The predicted octanol–water partition coefficient (Wildman–Crippen LogP) is 1.12. The van der Waals surface area contributed by atoms with Gasteiger partial charge in [-0.05, 0) is 0 Å². The number of rotatable bonds is 5. The fourth-order valence-electron chi connectivity index (χ4n) is 0.497. The topological polar surface area (TPSA) is 38.3 Å². The molecule has 0 saturated heterocycles. The molecule has 0 bridgehead atoms. The summed E-state index contributed by atoms with van der Waals surface area (Å²) in [6, 6.07) is 0. The Kier molecular flexibility index (Phi) is 6.39. The van der Waals surface area contributed by atoms with Crippen molar-refractivity contribution in [1.82, 2.24) is 5.32 Å². The van der Waals surface area contributed by atoms with Gasteiger partial charge < -0.3 is 10.1 Å². The minimum absolute atomic E-state index is 0.439. The minimum atomic E-state index is -4.37. The first kappa shape index (κ1) is 12.9. The molecule has 1 amide bonds. The van der Waals surface area contributed by atoms with Crippen molar-refractivity contribution in [1.29, 1.82) is 0 Å². The van der Waals surface area contributed by atoms with Gasteiger partial charge in [-0.1, -0.05) is 22.6 Å². The van der Waals surface area contributed by atoms with Gasteiger partial charge in [-0.15, -0.1) is 0 Å². The third-order valence-electron chi connectivity index (χ3n) is 0.916. The second-order valence-corrected chi connectivity index (χ2v) is 3.23. The third kappa shape index (κ3) is 9.87. The summed E-state index contributed by atoms with van der Waals surface area (Å²) in [5.41, 5.74) is 0. The van der Waals surface area contributed by atoms with Crippen LogP contribution in [-0.4, -0.2) is 36.3 Å². The van der Waals surface area contributed by atoms with E-state index in [1.807, 2.05) is 22.6 Å². The number of hydrogen-bond acceptors (Lipinski definition) is 2. The number of halogens is 4. The van der Waals surface area contributed by atoms with Gasteiger partial charge in [-0.25, -0.2) is 0 Å². The zero-order chi connectivity index (χ0) is 10.3. The van der Waals surface area contributed by atoms with E-state index in [1.54, 1.807) is 0 Å². The van der Waals surface area contributed by atoms with E-state index in [9.17, 15) is 18.0 Å². The molecule has 3 nitrogen and oxygen atoms in total. The Hall–Kier alpha value is -0.0500. The Morgan fingerprint density at radius 2 is 2.08 bits per heavy atom. The molecule has 13 heavy (non-hydrogen) atoms. The van der Waals surface area contributed by atoms with Gasteiger partial charge in [0.1, 0.15) is 13.2 Å². The fraction of sp³-hybridized carbons (Fsp3) is 0.833. The molecule has 0 rings (SSSR count). The van der Waals surface area contributed by atoms with E-state index in [1.165, 1.54) is 0 Å². The molecule has 0 spiro atoms. The molecule has 7 heteroatoms. The Labute approximate surface area is 87.1 Å². The first-order chi connectivity index (χ1) is 5.95. The molecule has 0 atom stereocenters. The smallest absolute Gasteiger partial charge is 0.362 e. The maximum atomic E-state index is 11.5. The lowest BCUT2D eigenvalue weighted by Gasteiger charge is -2.07. The van der Waals surface area contributed by atoms with Crippen LogP contribution in [0.1, 0.15) is 0 Å². The minimum Gasteiger partial charge on any atom is -0.362 e. The highest BCUT2D eigenvalue weighted by molar-refractivity contribution is 14.1. The van der Waals surface area contributed by atoms with E-state index >= 15 is 0 Å². The van der Waals surface area contributed by atoms with Gasteiger partial charge in [-0.2, -0.15) is 13.2 Å². The summed E-state index contributed by atoms with van der Waals surface area (Å²) in [6.07, 6.45) is -4.37. The average molecular weight is 311 g/mol. The molecule has 0 fully saturated rings. The normalized spacial score (nSPS) is 11.4. The molecule has 0 heterocycles. The summed E-state index contributed by atoms with van der Waals surface area (Å²) in [4.78, 5) is 10.7. The van der Waals surface area contributed by atoms with Crippen molar-refractivity contribution in [2.75, 3.05) is 24.2 Å². The zero-order valence-electron chi connectivity index (χ0n) is 6.66. The second kappa shape index (κ2) is 6.41. The molecule has 78 valence electrons. The highest BCUT2D eigenvalue weighted by Gasteiger charge is 2.27. The summed E-state index contributed by atoms with van der Waals surface area (Å²) in [5, 5.41) is 2.38. The van der Waals surface area contributed by atoms with Gasteiger partial charge >= 0.3 is 6.18 Å². The van der Waals surface area contributed by atoms with E-state index < -0.39 is 25.3 Å². The van der Waals surface area contributed by atoms with Crippen LogP contribution in [0.4, 0.5) is 13.2 Å². The van der Waals surface area contributed by atoms with Crippen molar-refractivity contribution < 1.29 is 22.7 Å². The fourth-order valence-corrected chi connectivity index (χ4v) is 0.767. The molecular formula is C6H9F3INO2. The molecule has 0 unspecified atom stereocenters. The Morgan fingerprint density at radius 3 is 2.54 bits per heavy atom. The highest BCUT2D eigenvalue weighted by Crippen LogP contribution is 2.13. The third-order valence-corrected chi connectivity index (χ3v) is 1.45. The lowest BCUT2D eigenvalue weighted by atomic mass is 10.6. The van der Waals surface area contributed by atoms with Crippen LogP contribution in [0.2, 0.25) is 0 Å². The highest BCUT2D eigenvalue weighted by atomic mass is 127. The van der Waals surface area contributed by atoms with Gasteiger partial charge in [0.05, 0.1) is 0 Å². The van der Waals surface area contributed by atoms with Crippen LogP contribution < -0.4 is 5.32 Å². The van der Waals surface area contributed by atoms with Crippen LogP contribution in [0.5, 0.6) is 0 Å². The largest absolute Gasteiger partial charge is 0.411 e. The molecular weight excluding hydrogens is 302 g/mol. The Bertz CT molecular complexity index is 162. The maximum absolute atomic E-state index is 11.5. The second-order valence-electron chi connectivity index (χ2n) is 2.15. The number of alkyl halides is 4. The molecule has 0 aliphatic rings. The van der Waals surface area contributed by atoms with Gasteiger partial charge in [-0.3, -0.25) is 4.79 Å². The number of carbonyl (C=O) groups excluding carboxylic acids is 1. The molecule has 0 aliphatic heterocycles. The molecule has 0 aromatic carbocycles. The quantitative estimate of drug-likeness (QED) is 0.610. The van der Waals surface area contributed by atoms with E-state index in [4.69, 9.17) is 0 Å². The molecule has 0 aromatic rings. The van der Waals surface area contributed by atoms with Crippen LogP contribution in [0.25, 0.3) is 0 Å². The molecule has 0 aromatic heterocycles. The summed E-state index contributed by atoms with van der Waals surface area (Å²) in [6.45, 7) is -1.49. The standard InChI is InChI=1S/C6H9F3INO2/c7-6(8,9)4-13-3-5(12)11-2-1-10/h1-4H2,(H,11,12). The monoisotopic (exact) mass is 311 g/mol. The van der Waals surface area contributed by atoms with Crippen LogP contribution in [0, 0.1) is 0 Å². The Balaban J connectivity index is 3.37. The Morgan fingerprint density at radius 1 is 1.46 bits per heavy atom. The van der Waals surface area contributed by atoms with E-state index in [0.717, 1.165) is 0 Å². The van der Waals surface area contributed by atoms with Crippen LogP contribution in [0.15, 0.2) is 0 Å². The number of hydrogen-bond donors (Lipinski definition) is 1. The number of nitrogens with one attached hydrogen (secondary N) is 1. The summed E-state index contributed by atoms with van der Waals surface area (Å²) >= 11 is 2.04. The molecule has 0 aliphatic carbocycles. The molecule has 1 N–H and O–H groups in total. The lowest BCUT2D eigenvalue weighted by molar-refractivity contribution is -0.175. The summed E-state index contributed by atoms with van der Waals surface area (Å²) < 4.78 is 39.3. The van der Waals surface area contributed by atoms with Gasteiger partial charge in [0, 0.05) is 11.0 Å². The van der Waals surface area contributed by atoms with Gasteiger partial charge in [0.25, 0.3) is 0 Å². The number of amides is 1. The van der Waals surface area contributed by atoms with E-state index in [0.29, 0.717) is 11.0 Å². The first-order valence-electron chi connectivity index (χ1n) is 3.43. The van der Waals surface area contributed by atoms with Crippen LogP contribution in [-0.2, 0) is 9.53 Å². The molecule has 0 radical (unpaired) electrons. The van der Waals surface area contributed by atoms with Crippen molar-refractivity contribution in [3.63, 3.8) is 0 Å². The first-order valence-corrected chi connectivity index (χ1v) is 4.95. The lowest BCUT2D eigenvalue weighted by Crippen LogP contribution is -2.30. The van der Waals surface area contributed by atoms with E-state index in [-0.39, 0.29) is 0 Å². The average Bonchev–Trinajstić information content (AvgIpc) is 1.98. The number of ether oxygens (including phenoxy) is 1. The van der Waals surface area contributed by atoms with Crippen molar-refractivity contribution in [2.45, 2.75) is 6.18 Å². The number of carbonyl (C=O) groups is 1. The SMILES string of the molecule is O=C(COCC(F)(F)F)NCCI. The van der Waals surface area contributed by atoms with Crippen LogP contribution >= 0.6 is 22.6 Å². The summed E-state index contributed by atoms with van der Waals surface area (Å²) in [7, 11) is 0.